The van der Waals surface area contributed by atoms with Gasteiger partial charge in [-0.25, -0.2) is 18.6 Å². The molecular weight excluding hydrogens is 466 g/mol. The van der Waals surface area contributed by atoms with Gasteiger partial charge in [-0.3, -0.25) is 9.36 Å². The van der Waals surface area contributed by atoms with Crippen LogP contribution in [-0.2, 0) is 7.05 Å². The van der Waals surface area contributed by atoms with E-state index >= 15 is 0 Å². The van der Waals surface area contributed by atoms with Crippen molar-refractivity contribution < 1.29 is 18.6 Å². The first-order valence-corrected chi connectivity index (χ1v) is 11.9. The third-order valence-electron chi connectivity index (χ3n) is 6.53. The van der Waals surface area contributed by atoms with Crippen LogP contribution in [0.2, 0.25) is 0 Å². The van der Waals surface area contributed by atoms with Gasteiger partial charge in [-0.2, -0.15) is 0 Å². The summed E-state index contributed by atoms with van der Waals surface area (Å²) in [5, 5.41) is 8.95. The van der Waals surface area contributed by atoms with Gasteiger partial charge < -0.3 is 14.7 Å². The summed E-state index contributed by atoms with van der Waals surface area (Å²) in [6.45, 7) is 7.52. The lowest BCUT2D eigenvalue weighted by molar-refractivity contribution is 0.196. The van der Waals surface area contributed by atoms with Gasteiger partial charge in [0.2, 0.25) is 11.6 Å². The van der Waals surface area contributed by atoms with Gasteiger partial charge in [0.25, 0.3) is 5.56 Å². The van der Waals surface area contributed by atoms with Crippen LogP contribution >= 0.6 is 0 Å². The number of halogens is 2. The highest BCUT2D eigenvalue weighted by Gasteiger charge is 2.24. The topological polar surface area (TPSA) is 72.0 Å². The largest absolute Gasteiger partial charge is 0.488 e. The second kappa shape index (κ2) is 10.9. The molecule has 0 bridgehead atoms. The van der Waals surface area contributed by atoms with Crippen LogP contribution in [0.3, 0.4) is 0 Å². The van der Waals surface area contributed by atoms with Crippen LogP contribution in [0.15, 0.2) is 41.2 Å². The van der Waals surface area contributed by atoms with E-state index in [-0.39, 0.29) is 41.5 Å². The highest BCUT2D eigenvalue weighted by atomic mass is 19.1. The van der Waals surface area contributed by atoms with E-state index in [0.717, 1.165) is 19.4 Å². The van der Waals surface area contributed by atoms with E-state index in [9.17, 15) is 13.6 Å². The average Bonchev–Trinajstić information content (AvgIpc) is 3.37. The number of hydrogen-bond donors (Lipinski definition) is 1. The van der Waals surface area contributed by atoms with Crippen LogP contribution in [0.25, 0.3) is 27.2 Å². The second-order valence-corrected chi connectivity index (χ2v) is 9.03. The zero-order chi connectivity index (χ0) is 25.8. The van der Waals surface area contributed by atoms with Crippen molar-refractivity contribution in [1.29, 1.82) is 0 Å². The lowest BCUT2D eigenvalue weighted by Crippen LogP contribution is -2.33. The van der Waals surface area contributed by atoms with Crippen LogP contribution in [-0.4, -0.2) is 41.5 Å². The molecule has 1 saturated carbocycles. The minimum atomic E-state index is -0.726. The van der Waals surface area contributed by atoms with E-state index in [1.165, 1.54) is 53.8 Å². The second-order valence-electron chi connectivity index (χ2n) is 9.03. The van der Waals surface area contributed by atoms with E-state index in [1.807, 2.05) is 11.9 Å². The van der Waals surface area contributed by atoms with Crippen molar-refractivity contribution in [2.45, 2.75) is 25.7 Å². The van der Waals surface area contributed by atoms with Gasteiger partial charge in [0.1, 0.15) is 12.4 Å². The fourth-order valence-electron chi connectivity index (χ4n) is 4.74. The van der Waals surface area contributed by atoms with Crippen LogP contribution in [0.1, 0.15) is 25.7 Å². The number of nitrogens with zero attached hydrogens (tertiary/aromatic N) is 4. The average molecular weight is 495 g/mol. The predicted molar refractivity (Wildman–Crippen MR) is 134 cm³/mol. The zero-order valence-corrected chi connectivity index (χ0v) is 20.3. The number of aliphatic hydroxyl groups excluding tert-OH is 1. The molecule has 0 amide bonds. The van der Waals surface area contributed by atoms with Gasteiger partial charge in [-0.1, -0.05) is 31.0 Å². The summed E-state index contributed by atoms with van der Waals surface area (Å²) >= 11 is 0. The summed E-state index contributed by atoms with van der Waals surface area (Å²) in [5.74, 6) is -0.559. The number of ether oxygens (including phenoxy) is 1. The molecule has 1 aliphatic rings. The van der Waals surface area contributed by atoms with Crippen LogP contribution in [0, 0.1) is 24.1 Å². The Labute approximate surface area is 208 Å². The first-order valence-electron chi connectivity index (χ1n) is 11.9. The molecule has 2 aromatic carbocycles. The highest BCUT2D eigenvalue weighted by molar-refractivity contribution is 5.82. The fourth-order valence-corrected chi connectivity index (χ4v) is 4.74. The van der Waals surface area contributed by atoms with Gasteiger partial charge in [0.05, 0.1) is 24.4 Å². The van der Waals surface area contributed by atoms with E-state index in [0.29, 0.717) is 17.4 Å². The van der Waals surface area contributed by atoms with Crippen LogP contribution < -0.4 is 15.2 Å². The Morgan fingerprint density at radius 2 is 1.86 bits per heavy atom. The number of anilines is 1. The molecule has 0 radical (unpaired) electrons. The number of benzene rings is 2. The van der Waals surface area contributed by atoms with Crippen LogP contribution in [0.5, 0.6) is 5.75 Å². The smallest absolute Gasteiger partial charge is 0.263 e. The van der Waals surface area contributed by atoms with Gasteiger partial charge in [0.15, 0.2) is 11.6 Å². The quantitative estimate of drug-likeness (QED) is 0.449. The molecule has 188 valence electrons. The Morgan fingerprint density at radius 1 is 1.17 bits per heavy atom. The summed E-state index contributed by atoms with van der Waals surface area (Å²) in [4.78, 5) is 23.5. The molecule has 36 heavy (non-hydrogen) atoms. The molecule has 0 spiro atoms. The molecule has 7 nitrogen and oxygen atoms in total. The number of aliphatic hydroxyl groups is 1. The Hall–Kier alpha value is -3.77. The summed E-state index contributed by atoms with van der Waals surface area (Å²) in [7, 11) is 3.49. The Morgan fingerprint density at radius 3 is 2.50 bits per heavy atom. The van der Waals surface area contributed by atoms with Gasteiger partial charge >= 0.3 is 0 Å². The first-order chi connectivity index (χ1) is 17.3. The van der Waals surface area contributed by atoms with E-state index < -0.39 is 17.2 Å². The van der Waals surface area contributed by atoms with Crippen molar-refractivity contribution in [3.05, 3.63) is 69.8 Å². The Bertz CT molecular complexity index is 1360. The maximum Gasteiger partial charge on any atom is 0.263 e. The molecule has 9 heteroatoms. The van der Waals surface area contributed by atoms with Crippen molar-refractivity contribution >= 4 is 11.6 Å². The summed E-state index contributed by atoms with van der Waals surface area (Å²) in [6, 6.07) is 8.14. The molecule has 0 aliphatic heterocycles. The van der Waals surface area contributed by atoms with E-state index in [2.05, 4.69) is 4.85 Å². The molecule has 0 atom stereocenters. The van der Waals surface area contributed by atoms with Gasteiger partial charge in [-0.15, -0.1) is 0 Å². The van der Waals surface area contributed by atoms with Gasteiger partial charge in [0, 0.05) is 26.2 Å². The van der Waals surface area contributed by atoms with E-state index in [4.69, 9.17) is 21.4 Å². The van der Waals surface area contributed by atoms with Crippen molar-refractivity contribution in [3.63, 3.8) is 0 Å². The van der Waals surface area contributed by atoms with Crippen molar-refractivity contribution in [2.24, 2.45) is 13.0 Å². The monoisotopic (exact) mass is 494 g/mol. The molecule has 1 aliphatic carbocycles. The minimum Gasteiger partial charge on any atom is -0.488 e. The normalized spacial score (nSPS) is 13.6. The maximum absolute atomic E-state index is 14.8. The standard InChI is InChI=1S/C27H28F2N4O3/c1-30-22-10-8-19(15-20(22)28)25-24(18-9-11-23(21(29)14-18)36-13-12-34)26(35)33(3)27(31-25)32(2)16-17-6-4-5-7-17/h8-11,14-15,17,34H,4-7,12-13,16H2,2-3H3. The third-order valence-corrected chi connectivity index (χ3v) is 6.53. The van der Waals surface area contributed by atoms with Crippen molar-refractivity contribution in [1.82, 2.24) is 9.55 Å². The third kappa shape index (κ3) is 5.09. The summed E-state index contributed by atoms with van der Waals surface area (Å²) in [5.41, 5.74) is 0.324. The summed E-state index contributed by atoms with van der Waals surface area (Å²) < 4.78 is 36.0. The number of rotatable bonds is 8. The lowest BCUT2D eigenvalue weighted by Gasteiger charge is -2.25. The fraction of sp³-hybridized carbons (Fsp3) is 0.370. The first kappa shape index (κ1) is 25.3. The molecule has 1 N–H and O–H groups in total. The number of aromatic nitrogens is 2. The Balaban J connectivity index is 1.87. The SMILES string of the molecule is [C-]#[N+]c1ccc(-c2nc(N(C)CC3CCCC3)n(C)c(=O)c2-c2ccc(OCCO)c(F)c2)cc1F. The lowest BCUT2D eigenvalue weighted by atomic mass is 9.99. The summed E-state index contributed by atoms with van der Waals surface area (Å²) in [6.07, 6.45) is 4.61. The molecule has 4 rings (SSSR count). The van der Waals surface area contributed by atoms with Crippen molar-refractivity contribution in [2.75, 3.05) is 31.7 Å². The van der Waals surface area contributed by atoms with Gasteiger partial charge in [-0.05, 0) is 42.5 Å². The molecule has 0 unspecified atom stereocenters. The molecule has 3 aromatic rings. The zero-order valence-electron chi connectivity index (χ0n) is 20.3. The molecule has 1 fully saturated rings. The minimum absolute atomic E-state index is 0.0560. The molecular formula is C27H28F2N4O3. The highest BCUT2D eigenvalue weighted by Crippen LogP contribution is 2.34. The maximum atomic E-state index is 14.8. The number of hydrogen-bond acceptors (Lipinski definition) is 5. The van der Waals surface area contributed by atoms with E-state index in [1.54, 1.807) is 7.05 Å². The molecule has 1 aromatic heterocycles. The Kier molecular flexibility index (Phi) is 7.65. The molecule has 0 saturated heterocycles. The van der Waals surface area contributed by atoms with Crippen LogP contribution in [0.4, 0.5) is 20.4 Å². The molecule has 1 heterocycles. The van der Waals surface area contributed by atoms with Crippen molar-refractivity contribution in [3.8, 4) is 28.1 Å². The predicted octanol–water partition coefficient (Wildman–Crippen LogP) is 4.94.